The summed E-state index contributed by atoms with van der Waals surface area (Å²) < 4.78 is 0.885. The molecule has 10 nitrogen and oxygen atoms in total. The van der Waals surface area contributed by atoms with Gasteiger partial charge in [-0.2, -0.15) is 0 Å². The third-order valence-electron chi connectivity index (χ3n) is 3.27. The van der Waals surface area contributed by atoms with E-state index in [2.05, 4.69) is 15.6 Å². The third kappa shape index (κ3) is 5.49. The zero-order valence-electron chi connectivity index (χ0n) is 13.0. The molecular weight excluding hydrogens is 348 g/mol. The van der Waals surface area contributed by atoms with Crippen molar-refractivity contribution in [3.05, 3.63) is 39.4 Å². The van der Waals surface area contributed by atoms with E-state index in [9.17, 15) is 19.7 Å². The minimum absolute atomic E-state index is 0.257. The van der Waals surface area contributed by atoms with E-state index in [0.29, 0.717) is 24.7 Å². The van der Waals surface area contributed by atoms with E-state index in [1.54, 1.807) is 29.1 Å². The number of nitrogens with one attached hydrogen (secondary N) is 4. The number of benzene rings is 1. The number of aldehydes is 1. The lowest BCUT2D eigenvalue weighted by atomic mass is 10.1. The highest BCUT2D eigenvalue weighted by atomic mass is 32.1. The lowest BCUT2D eigenvalue weighted by Gasteiger charge is -2.13. The van der Waals surface area contributed by atoms with Crippen LogP contribution in [0.25, 0.3) is 10.2 Å². The first-order valence-corrected chi connectivity index (χ1v) is 8.20. The quantitative estimate of drug-likeness (QED) is 0.134. The summed E-state index contributed by atoms with van der Waals surface area (Å²) in [4.78, 5) is 37.6. The molecule has 2 aromatic rings. The molecule has 0 aliphatic carbocycles. The number of guanidine groups is 1. The highest BCUT2D eigenvalue weighted by Crippen LogP contribution is 2.19. The van der Waals surface area contributed by atoms with E-state index in [0.717, 1.165) is 10.2 Å². The third-order valence-corrected chi connectivity index (χ3v) is 4.06. The molecular formula is C14H16N6O4S. The molecule has 1 amide bonds. The van der Waals surface area contributed by atoms with Crippen molar-refractivity contribution in [1.29, 1.82) is 5.41 Å². The molecule has 2 rings (SSSR count). The Bertz CT molecular complexity index is 792. The number of nitro groups is 1. The van der Waals surface area contributed by atoms with Gasteiger partial charge in [-0.05, 0) is 31.0 Å². The van der Waals surface area contributed by atoms with Crippen LogP contribution in [0.5, 0.6) is 0 Å². The van der Waals surface area contributed by atoms with Crippen LogP contribution in [0.15, 0.2) is 23.7 Å². The fourth-order valence-corrected chi connectivity index (χ4v) is 2.80. The van der Waals surface area contributed by atoms with Crippen molar-refractivity contribution in [3.63, 3.8) is 0 Å². The molecule has 0 radical (unpaired) electrons. The van der Waals surface area contributed by atoms with Crippen LogP contribution in [-0.2, 0) is 4.79 Å². The summed E-state index contributed by atoms with van der Waals surface area (Å²) in [6.07, 6.45) is 1.43. The average molecular weight is 364 g/mol. The van der Waals surface area contributed by atoms with E-state index < -0.39 is 17.0 Å². The largest absolute Gasteiger partial charge is 0.352 e. The molecule has 132 valence electrons. The minimum atomic E-state index is -0.844. The SMILES string of the molecule is N=C(NCCCC(C=O)NC(=O)c1ccc2ncsc2c1)N[N+](=O)[O-]. The van der Waals surface area contributed by atoms with Gasteiger partial charge in [-0.1, -0.05) is 5.43 Å². The molecule has 0 fully saturated rings. The second-order valence-electron chi connectivity index (χ2n) is 5.06. The van der Waals surface area contributed by atoms with Gasteiger partial charge in [0.15, 0.2) is 5.03 Å². The number of aromatic nitrogens is 1. The van der Waals surface area contributed by atoms with Crippen molar-refractivity contribution in [2.75, 3.05) is 6.54 Å². The molecule has 0 aliphatic heterocycles. The van der Waals surface area contributed by atoms with Gasteiger partial charge in [-0.15, -0.1) is 11.3 Å². The molecule has 4 N–H and O–H groups in total. The molecule has 25 heavy (non-hydrogen) atoms. The predicted octanol–water partition coefficient (Wildman–Crippen LogP) is 0.679. The summed E-state index contributed by atoms with van der Waals surface area (Å²) in [6.45, 7) is 0.257. The zero-order chi connectivity index (χ0) is 18.2. The summed E-state index contributed by atoms with van der Waals surface area (Å²) in [5.74, 6) is -0.794. The number of rotatable bonds is 8. The monoisotopic (exact) mass is 364 g/mol. The van der Waals surface area contributed by atoms with Crippen molar-refractivity contribution >= 4 is 39.7 Å². The van der Waals surface area contributed by atoms with E-state index in [4.69, 9.17) is 5.41 Å². The Labute approximate surface area is 146 Å². The Balaban J connectivity index is 1.80. The zero-order valence-corrected chi connectivity index (χ0v) is 13.8. The molecule has 0 saturated heterocycles. The Hall–Kier alpha value is -3.08. The molecule has 1 heterocycles. The summed E-state index contributed by atoms with van der Waals surface area (Å²) in [7, 11) is 0. The van der Waals surface area contributed by atoms with Crippen molar-refractivity contribution in [1.82, 2.24) is 21.0 Å². The van der Waals surface area contributed by atoms with Crippen LogP contribution in [0.3, 0.4) is 0 Å². The van der Waals surface area contributed by atoms with E-state index in [-0.39, 0.29) is 12.5 Å². The lowest BCUT2D eigenvalue weighted by Crippen LogP contribution is -2.41. The number of fused-ring (bicyclic) bond motifs is 1. The maximum atomic E-state index is 12.2. The van der Waals surface area contributed by atoms with E-state index >= 15 is 0 Å². The Morgan fingerprint density at radius 2 is 2.28 bits per heavy atom. The number of hydrazine groups is 1. The van der Waals surface area contributed by atoms with E-state index in [1.165, 1.54) is 11.3 Å². The van der Waals surface area contributed by atoms with Gasteiger partial charge in [-0.3, -0.25) is 10.2 Å². The molecule has 0 bridgehead atoms. The van der Waals surface area contributed by atoms with Crippen molar-refractivity contribution in [2.24, 2.45) is 0 Å². The number of hydrogen-bond donors (Lipinski definition) is 4. The maximum Gasteiger partial charge on any atom is 0.251 e. The van der Waals surface area contributed by atoms with Crippen molar-refractivity contribution in [3.8, 4) is 0 Å². The predicted molar refractivity (Wildman–Crippen MR) is 92.0 cm³/mol. The topological polar surface area (TPSA) is 150 Å². The number of carbonyl (C=O) groups is 2. The Kier molecular flexibility index (Phi) is 6.34. The molecule has 1 unspecified atom stereocenters. The molecule has 0 spiro atoms. The van der Waals surface area contributed by atoms with Gasteiger partial charge in [0.25, 0.3) is 11.9 Å². The number of nitrogens with zero attached hydrogens (tertiary/aromatic N) is 2. The van der Waals surface area contributed by atoms with Gasteiger partial charge in [0.2, 0.25) is 0 Å². The number of amides is 1. The van der Waals surface area contributed by atoms with Crippen molar-refractivity contribution < 1.29 is 14.6 Å². The highest BCUT2D eigenvalue weighted by Gasteiger charge is 2.14. The van der Waals surface area contributed by atoms with Crippen molar-refractivity contribution in [2.45, 2.75) is 18.9 Å². The van der Waals surface area contributed by atoms with Crippen LogP contribution in [-0.4, -0.2) is 40.8 Å². The molecule has 1 aromatic carbocycles. The molecule has 11 heteroatoms. The van der Waals surface area contributed by atoms with Crippen LogP contribution in [0.2, 0.25) is 0 Å². The first-order chi connectivity index (χ1) is 12.0. The molecule has 1 aromatic heterocycles. The highest BCUT2D eigenvalue weighted by molar-refractivity contribution is 7.16. The van der Waals surface area contributed by atoms with Gasteiger partial charge in [0, 0.05) is 12.1 Å². The second kappa shape index (κ2) is 8.68. The molecule has 1 atom stereocenters. The smallest absolute Gasteiger partial charge is 0.251 e. The van der Waals surface area contributed by atoms with Gasteiger partial charge >= 0.3 is 0 Å². The van der Waals surface area contributed by atoms with Gasteiger partial charge in [-0.25, -0.2) is 15.1 Å². The number of thiazole rings is 1. The van der Waals surface area contributed by atoms with Gasteiger partial charge in [0.1, 0.15) is 6.29 Å². The van der Waals surface area contributed by atoms with E-state index in [1.807, 2.05) is 0 Å². The summed E-state index contributed by atoms with van der Waals surface area (Å²) in [5, 5.41) is 21.6. The molecule has 0 aliphatic rings. The first-order valence-electron chi connectivity index (χ1n) is 7.32. The molecule has 0 saturated carbocycles. The fourth-order valence-electron chi connectivity index (χ4n) is 2.09. The van der Waals surface area contributed by atoms with Gasteiger partial charge in [0.05, 0.1) is 21.8 Å². The van der Waals surface area contributed by atoms with Crippen LogP contribution < -0.4 is 16.1 Å². The van der Waals surface area contributed by atoms with Crippen LogP contribution >= 0.6 is 11.3 Å². The fraction of sp³-hybridized carbons (Fsp3) is 0.286. The van der Waals surface area contributed by atoms with Crippen LogP contribution in [0.1, 0.15) is 23.2 Å². The first kappa shape index (κ1) is 18.3. The maximum absolute atomic E-state index is 12.2. The Morgan fingerprint density at radius 1 is 1.48 bits per heavy atom. The van der Waals surface area contributed by atoms with Gasteiger partial charge < -0.3 is 15.4 Å². The number of carbonyl (C=O) groups excluding carboxylic acids is 2. The van der Waals surface area contributed by atoms with Crippen LogP contribution in [0, 0.1) is 15.5 Å². The minimum Gasteiger partial charge on any atom is -0.352 e. The summed E-state index contributed by atoms with van der Waals surface area (Å²) in [6, 6.07) is 4.43. The van der Waals surface area contributed by atoms with Crippen LogP contribution in [0.4, 0.5) is 0 Å². The summed E-state index contributed by atoms with van der Waals surface area (Å²) >= 11 is 1.42. The normalized spacial score (nSPS) is 11.5. The second-order valence-corrected chi connectivity index (χ2v) is 5.95. The Morgan fingerprint density at radius 3 is 3.00 bits per heavy atom. The summed E-state index contributed by atoms with van der Waals surface area (Å²) in [5.41, 5.74) is 4.61. The standard InChI is InChI=1S/C14H16N6O4S/c15-14(19-20(23)24)16-5-1-2-10(7-21)18-13(22)9-3-4-11-12(6-9)25-8-17-11/h3-4,6-8,10H,1-2,5H2,(H,18,22)(H3,15,16,19). The number of hydrogen-bond acceptors (Lipinski definition) is 7. The lowest BCUT2D eigenvalue weighted by molar-refractivity contribution is -0.525. The average Bonchev–Trinajstić information content (AvgIpc) is 3.04.